The number of rotatable bonds is 5. The molecule has 2 heterocycles. The number of benzene rings is 1. The highest BCUT2D eigenvalue weighted by Gasteiger charge is 2.30. The first-order valence-electron chi connectivity index (χ1n) is 8.77. The molecule has 0 spiro atoms. The summed E-state index contributed by atoms with van der Waals surface area (Å²) in [5.74, 6) is 0.448. The SMILES string of the molecule is CN(C)S(=O)(=O)N1CCC(Oc2cccc(C(=O)N3CCCO3)c2)CC1. The van der Waals surface area contributed by atoms with E-state index in [2.05, 4.69) is 0 Å². The fourth-order valence-electron chi connectivity index (χ4n) is 3.06. The van der Waals surface area contributed by atoms with Crippen molar-refractivity contribution in [3.8, 4) is 5.75 Å². The summed E-state index contributed by atoms with van der Waals surface area (Å²) in [5, 5.41) is 1.38. The van der Waals surface area contributed by atoms with Crippen molar-refractivity contribution in [2.45, 2.75) is 25.4 Å². The van der Waals surface area contributed by atoms with E-state index in [4.69, 9.17) is 9.57 Å². The molecule has 2 fully saturated rings. The van der Waals surface area contributed by atoms with Gasteiger partial charge in [-0.1, -0.05) is 6.07 Å². The molecule has 0 atom stereocenters. The Hall–Kier alpha value is -1.68. The molecule has 0 aliphatic carbocycles. The molecule has 2 aliphatic heterocycles. The number of nitrogens with zero attached hydrogens (tertiary/aromatic N) is 3. The van der Waals surface area contributed by atoms with E-state index in [1.54, 1.807) is 18.2 Å². The van der Waals surface area contributed by atoms with Crippen molar-refractivity contribution in [3.63, 3.8) is 0 Å². The van der Waals surface area contributed by atoms with Crippen LogP contribution in [0.3, 0.4) is 0 Å². The van der Waals surface area contributed by atoms with Crippen LogP contribution in [0.25, 0.3) is 0 Å². The Kier molecular flexibility index (Phi) is 5.81. The van der Waals surface area contributed by atoms with Gasteiger partial charge in [0, 0.05) is 32.7 Å². The Morgan fingerprint density at radius 1 is 1.23 bits per heavy atom. The lowest BCUT2D eigenvalue weighted by molar-refractivity contribution is -0.0768. The van der Waals surface area contributed by atoms with Crippen molar-refractivity contribution in [1.82, 2.24) is 13.7 Å². The van der Waals surface area contributed by atoms with Gasteiger partial charge in [-0.15, -0.1) is 0 Å². The zero-order valence-electron chi connectivity index (χ0n) is 15.1. The van der Waals surface area contributed by atoms with Crippen molar-refractivity contribution in [2.75, 3.05) is 40.3 Å². The van der Waals surface area contributed by atoms with Gasteiger partial charge in [-0.3, -0.25) is 9.63 Å². The highest BCUT2D eigenvalue weighted by atomic mass is 32.2. The molecular weight excluding hydrogens is 358 g/mol. The van der Waals surface area contributed by atoms with Crippen LogP contribution in [0.1, 0.15) is 29.6 Å². The van der Waals surface area contributed by atoms with Gasteiger partial charge in [0.1, 0.15) is 11.9 Å². The predicted octanol–water partition coefficient (Wildman–Crippen LogP) is 1.11. The molecule has 2 saturated heterocycles. The van der Waals surface area contributed by atoms with Gasteiger partial charge in [-0.05, 0) is 37.5 Å². The molecule has 1 amide bonds. The number of piperidine rings is 1. The third-order valence-electron chi connectivity index (χ3n) is 4.55. The number of hydrogen-bond acceptors (Lipinski definition) is 5. The second-order valence-corrected chi connectivity index (χ2v) is 8.77. The first-order chi connectivity index (χ1) is 12.4. The molecule has 0 radical (unpaired) electrons. The number of carbonyl (C=O) groups excluding carboxylic acids is 1. The smallest absolute Gasteiger partial charge is 0.281 e. The van der Waals surface area contributed by atoms with Crippen LogP contribution in [-0.2, 0) is 15.0 Å². The molecule has 8 nitrogen and oxygen atoms in total. The quantitative estimate of drug-likeness (QED) is 0.761. The minimum Gasteiger partial charge on any atom is -0.490 e. The van der Waals surface area contributed by atoms with E-state index in [-0.39, 0.29) is 12.0 Å². The number of ether oxygens (including phenoxy) is 1. The molecule has 1 aromatic carbocycles. The molecule has 2 aliphatic rings. The van der Waals surface area contributed by atoms with Crippen LogP contribution in [0, 0.1) is 0 Å². The second-order valence-electron chi connectivity index (χ2n) is 6.63. The van der Waals surface area contributed by atoms with E-state index in [0.717, 1.165) is 6.42 Å². The van der Waals surface area contributed by atoms with Crippen LogP contribution in [0.5, 0.6) is 5.75 Å². The van der Waals surface area contributed by atoms with E-state index in [9.17, 15) is 13.2 Å². The normalized spacial score (nSPS) is 19.9. The third-order valence-corrected chi connectivity index (χ3v) is 6.49. The van der Waals surface area contributed by atoms with Gasteiger partial charge >= 0.3 is 0 Å². The third kappa shape index (κ3) is 4.17. The lowest BCUT2D eigenvalue weighted by atomic mass is 10.1. The van der Waals surface area contributed by atoms with E-state index in [1.807, 2.05) is 6.07 Å². The molecule has 26 heavy (non-hydrogen) atoms. The predicted molar refractivity (Wildman–Crippen MR) is 95.9 cm³/mol. The summed E-state index contributed by atoms with van der Waals surface area (Å²) in [7, 11) is -0.312. The maximum absolute atomic E-state index is 12.4. The van der Waals surface area contributed by atoms with Gasteiger partial charge in [-0.2, -0.15) is 17.0 Å². The Morgan fingerprint density at radius 3 is 2.58 bits per heavy atom. The minimum atomic E-state index is -3.38. The van der Waals surface area contributed by atoms with Gasteiger partial charge < -0.3 is 4.74 Å². The molecule has 0 unspecified atom stereocenters. The maximum Gasteiger partial charge on any atom is 0.281 e. The van der Waals surface area contributed by atoms with Crippen LogP contribution < -0.4 is 4.74 Å². The highest BCUT2D eigenvalue weighted by molar-refractivity contribution is 7.86. The van der Waals surface area contributed by atoms with Crippen LogP contribution in [-0.4, -0.2) is 74.4 Å². The van der Waals surface area contributed by atoms with Crippen LogP contribution >= 0.6 is 0 Å². The maximum atomic E-state index is 12.4. The van der Waals surface area contributed by atoms with Gasteiger partial charge in [0.2, 0.25) is 0 Å². The molecule has 0 N–H and O–H groups in total. The zero-order chi connectivity index (χ0) is 18.7. The Balaban J connectivity index is 1.59. The first-order valence-corrected chi connectivity index (χ1v) is 10.2. The first kappa shape index (κ1) is 19.1. The topological polar surface area (TPSA) is 79.4 Å². The molecule has 0 saturated carbocycles. The summed E-state index contributed by atoms with van der Waals surface area (Å²) in [6.07, 6.45) is 1.99. The molecule has 0 bridgehead atoms. The van der Waals surface area contributed by atoms with E-state index < -0.39 is 10.2 Å². The largest absolute Gasteiger partial charge is 0.490 e. The summed E-state index contributed by atoms with van der Waals surface area (Å²) >= 11 is 0. The van der Waals surface area contributed by atoms with Gasteiger partial charge in [0.15, 0.2) is 0 Å². The number of amides is 1. The molecular formula is C17H25N3O5S. The van der Waals surface area contributed by atoms with Crippen molar-refractivity contribution in [1.29, 1.82) is 0 Å². The summed E-state index contributed by atoms with van der Waals surface area (Å²) in [6.45, 7) is 2.01. The van der Waals surface area contributed by atoms with Crippen molar-refractivity contribution in [2.24, 2.45) is 0 Å². The summed E-state index contributed by atoms with van der Waals surface area (Å²) in [5.41, 5.74) is 0.525. The molecule has 144 valence electrons. The molecule has 9 heteroatoms. The van der Waals surface area contributed by atoms with Gasteiger partial charge in [0.05, 0.1) is 13.2 Å². The molecule has 3 rings (SSSR count). The van der Waals surface area contributed by atoms with Crippen LogP contribution in [0.4, 0.5) is 0 Å². The van der Waals surface area contributed by atoms with Crippen LogP contribution in [0.15, 0.2) is 24.3 Å². The number of carbonyl (C=O) groups is 1. The number of hydroxylamine groups is 2. The Labute approximate surface area is 154 Å². The van der Waals surface area contributed by atoms with E-state index in [0.29, 0.717) is 50.4 Å². The van der Waals surface area contributed by atoms with Gasteiger partial charge in [0.25, 0.3) is 16.1 Å². The van der Waals surface area contributed by atoms with Crippen molar-refractivity contribution >= 4 is 16.1 Å². The lowest BCUT2D eigenvalue weighted by Crippen LogP contribution is -2.46. The average Bonchev–Trinajstić information content (AvgIpc) is 3.16. The zero-order valence-corrected chi connectivity index (χ0v) is 15.9. The summed E-state index contributed by atoms with van der Waals surface area (Å²) in [6, 6.07) is 7.05. The Bertz CT molecular complexity index is 739. The minimum absolute atomic E-state index is 0.0722. The summed E-state index contributed by atoms with van der Waals surface area (Å²) < 4.78 is 33.0. The monoisotopic (exact) mass is 383 g/mol. The lowest BCUT2D eigenvalue weighted by Gasteiger charge is -2.32. The standard InChI is InChI=1S/C17H25N3O5S/c1-18(2)26(22,23)19-10-7-15(8-11-19)25-16-6-3-5-14(13-16)17(21)20-9-4-12-24-20/h3,5-6,13,15H,4,7-12H2,1-2H3. The van der Waals surface area contributed by atoms with Crippen molar-refractivity contribution in [3.05, 3.63) is 29.8 Å². The summed E-state index contributed by atoms with van der Waals surface area (Å²) in [4.78, 5) is 17.7. The highest BCUT2D eigenvalue weighted by Crippen LogP contribution is 2.23. The van der Waals surface area contributed by atoms with Crippen molar-refractivity contribution < 1.29 is 22.8 Å². The second kappa shape index (κ2) is 7.91. The van der Waals surface area contributed by atoms with E-state index >= 15 is 0 Å². The number of hydrogen-bond donors (Lipinski definition) is 0. The molecule has 1 aromatic rings. The van der Waals surface area contributed by atoms with E-state index in [1.165, 1.54) is 27.8 Å². The Morgan fingerprint density at radius 2 is 1.96 bits per heavy atom. The molecule has 0 aromatic heterocycles. The van der Waals surface area contributed by atoms with Gasteiger partial charge in [-0.25, -0.2) is 5.06 Å². The fraction of sp³-hybridized carbons (Fsp3) is 0.588. The fourth-order valence-corrected chi connectivity index (χ4v) is 4.19. The average molecular weight is 383 g/mol. The van der Waals surface area contributed by atoms with Crippen LogP contribution in [0.2, 0.25) is 0 Å².